The van der Waals surface area contributed by atoms with Crippen molar-refractivity contribution in [3.05, 3.63) is 29.6 Å². The van der Waals surface area contributed by atoms with Crippen LogP contribution in [0.2, 0.25) is 0 Å². The van der Waals surface area contributed by atoms with E-state index in [1.165, 1.54) is 12.1 Å². The molecule has 0 bridgehead atoms. The van der Waals surface area contributed by atoms with Crippen molar-refractivity contribution in [2.75, 3.05) is 34.9 Å². The first-order valence-electron chi connectivity index (χ1n) is 8.52. The largest absolute Gasteiger partial charge is 0.354 e. The molecule has 27 heavy (non-hydrogen) atoms. The van der Waals surface area contributed by atoms with Crippen LogP contribution in [0.4, 0.5) is 22.2 Å². The molecule has 11 heteroatoms. The average molecular weight is 393 g/mol. The molecule has 0 saturated heterocycles. The van der Waals surface area contributed by atoms with Gasteiger partial charge in [0.25, 0.3) is 0 Å². The third-order valence-corrected chi connectivity index (χ3v) is 5.56. The van der Waals surface area contributed by atoms with Crippen molar-refractivity contribution < 1.29 is 12.8 Å². The van der Waals surface area contributed by atoms with Gasteiger partial charge in [-0.2, -0.15) is 20.1 Å². The predicted molar refractivity (Wildman–Crippen MR) is 101 cm³/mol. The molecule has 144 valence electrons. The Balaban J connectivity index is 1.93. The second-order valence-corrected chi connectivity index (χ2v) is 7.82. The highest BCUT2D eigenvalue weighted by atomic mass is 32.2. The van der Waals surface area contributed by atoms with E-state index in [2.05, 4.69) is 36.1 Å². The maximum absolute atomic E-state index is 13.6. The molecule has 9 nitrogen and oxygen atoms in total. The number of hydrogen-bond acceptors (Lipinski definition) is 9. The van der Waals surface area contributed by atoms with Gasteiger partial charge in [0.1, 0.15) is 5.82 Å². The van der Waals surface area contributed by atoms with Crippen LogP contribution in [-0.2, 0) is 9.84 Å². The highest BCUT2D eigenvalue weighted by Crippen LogP contribution is 2.26. The molecule has 0 saturated carbocycles. The first kappa shape index (κ1) is 19.0. The monoisotopic (exact) mass is 393 g/mol. The summed E-state index contributed by atoms with van der Waals surface area (Å²) < 4.78 is 38.0. The second-order valence-electron chi connectivity index (χ2n) is 5.75. The van der Waals surface area contributed by atoms with E-state index in [-0.39, 0.29) is 28.6 Å². The summed E-state index contributed by atoms with van der Waals surface area (Å²) in [7, 11) is -3.44. The van der Waals surface area contributed by atoms with Crippen molar-refractivity contribution in [2.45, 2.75) is 25.2 Å². The molecule has 0 radical (unpaired) electrons. The van der Waals surface area contributed by atoms with Gasteiger partial charge < -0.3 is 10.6 Å². The summed E-state index contributed by atoms with van der Waals surface area (Å²) >= 11 is 0. The van der Waals surface area contributed by atoms with Crippen LogP contribution in [0.3, 0.4) is 0 Å². The first-order valence-corrected chi connectivity index (χ1v) is 10.2. The molecular formula is C16H20FN7O2S. The number of anilines is 3. The normalized spacial score (nSPS) is 16.6. The Hall–Kier alpha value is -2.82. The quantitative estimate of drug-likeness (QED) is 0.502. The Kier molecular flexibility index (Phi) is 5.49. The van der Waals surface area contributed by atoms with Crippen LogP contribution in [0.5, 0.6) is 0 Å². The van der Waals surface area contributed by atoms with Crippen LogP contribution in [0, 0.1) is 5.82 Å². The SMILES string of the molecule is CCNc1nc(NCC)nc(NN=C2CCS(=O)(=O)c3ccc(F)cc32)n1. The molecule has 2 heterocycles. The molecule has 0 amide bonds. The van der Waals surface area contributed by atoms with Gasteiger partial charge in [-0.15, -0.1) is 0 Å². The summed E-state index contributed by atoms with van der Waals surface area (Å²) in [5.41, 5.74) is 3.41. The van der Waals surface area contributed by atoms with Gasteiger partial charge in [-0.05, 0) is 32.0 Å². The number of hydrogen-bond donors (Lipinski definition) is 3. The van der Waals surface area contributed by atoms with Crippen molar-refractivity contribution in [3.8, 4) is 0 Å². The molecule has 3 rings (SSSR count). The molecule has 1 aliphatic heterocycles. The van der Waals surface area contributed by atoms with Gasteiger partial charge in [0.15, 0.2) is 9.84 Å². The number of aromatic nitrogens is 3. The molecule has 1 aromatic heterocycles. The fraction of sp³-hybridized carbons (Fsp3) is 0.375. The zero-order valence-electron chi connectivity index (χ0n) is 15.0. The molecule has 0 aliphatic carbocycles. The third kappa shape index (κ3) is 4.30. The van der Waals surface area contributed by atoms with E-state index >= 15 is 0 Å². The van der Waals surface area contributed by atoms with Crippen LogP contribution in [0.25, 0.3) is 0 Å². The third-order valence-electron chi connectivity index (χ3n) is 3.79. The van der Waals surface area contributed by atoms with E-state index < -0.39 is 15.7 Å². The molecule has 2 aromatic rings. The smallest absolute Gasteiger partial charge is 0.250 e. The summed E-state index contributed by atoms with van der Waals surface area (Å²) in [5, 5.41) is 10.2. The van der Waals surface area contributed by atoms with Gasteiger partial charge >= 0.3 is 0 Å². The van der Waals surface area contributed by atoms with Gasteiger partial charge in [-0.25, -0.2) is 18.2 Å². The van der Waals surface area contributed by atoms with Crippen molar-refractivity contribution >= 4 is 33.4 Å². The minimum absolute atomic E-state index is 0.0769. The van der Waals surface area contributed by atoms with Crippen LogP contribution < -0.4 is 16.1 Å². The summed E-state index contributed by atoms with van der Waals surface area (Å²) in [5.74, 6) is 0.334. The summed E-state index contributed by atoms with van der Waals surface area (Å²) in [6.07, 6.45) is 0.164. The van der Waals surface area contributed by atoms with Crippen molar-refractivity contribution in [1.82, 2.24) is 15.0 Å². The number of fused-ring (bicyclic) bond motifs is 1. The van der Waals surface area contributed by atoms with Crippen molar-refractivity contribution in [3.63, 3.8) is 0 Å². The average Bonchev–Trinajstić information content (AvgIpc) is 2.61. The number of hydrazone groups is 1. The molecule has 1 aliphatic rings. The van der Waals surface area contributed by atoms with Gasteiger partial charge in [0, 0.05) is 25.1 Å². The topological polar surface area (TPSA) is 121 Å². The molecular weight excluding hydrogens is 373 g/mol. The minimum atomic E-state index is -3.44. The maximum atomic E-state index is 13.6. The molecule has 0 spiro atoms. The first-order chi connectivity index (χ1) is 12.9. The molecule has 0 fully saturated rings. The molecule has 3 N–H and O–H groups in total. The Bertz CT molecular complexity index is 954. The Labute approximate surface area is 156 Å². The second kappa shape index (κ2) is 7.82. The van der Waals surface area contributed by atoms with E-state index in [0.29, 0.717) is 30.7 Å². The van der Waals surface area contributed by atoms with E-state index in [1.54, 1.807) is 0 Å². The minimum Gasteiger partial charge on any atom is -0.354 e. The van der Waals surface area contributed by atoms with Crippen molar-refractivity contribution in [1.29, 1.82) is 0 Å². The van der Waals surface area contributed by atoms with Gasteiger partial charge in [0.05, 0.1) is 16.4 Å². The van der Waals surface area contributed by atoms with Crippen LogP contribution in [0.1, 0.15) is 25.8 Å². The maximum Gasteiger partial charge on any atom is 0.250 e. The number of rotatable bonds is 6. The summed E-state index contributed by atoms with van der Waals surface area (Å²) in [6.45, 7) is 5.10. The lowest BCUT2D eigenvalue weighted by molar-refractivity contribution is 0.593. The summed E-state index contributed by atoms with van der Waals surface area (Å²) in [6, 6.07) is 3.57. The fourth-order valence-corrected chi connectivity index (χ4v) is 4.08. The number of nitrogens with one attached hydrogen (secondary N) is 3. The predicted octanol–water partition coefficient (Wildman–Crippen LogP) is 1.87. The standard InChI is InChI=1S/C16H20FN7O2S/c1-3-18-14-20-15(19-4-2)22-16(21-14)24-23-12-7-8-27(25,26)13-6-5-10(17)9-11(12)13/h5-6,9H,3-4,7-8H2,1-2H3,(H3,18,19,20,21,22,24). The highest BCUT2D eigenvalue weighted by Gasteiger charge is 2.28. The molecule has 1 aromatic carbocycles. The Morgan fingerprint density at radius 1 is 1.07 bits per heavy atom. The lowest BCUT2D eigenvalue weighted by Crippen LogP contribution is -2.23. The lowest BCUT2D eigenvalue weighted by Gasteiger charge is -2.18. The van der Waals surface area contributed by atoms with E-state index in [9.17, 15) is 12.8 Å². The fourth-order valence-electron chi connectivity index (χ4n) is 2.61. The zero-order chi connectivity index (χ0) is 19.4. The van der Waals surface area contributed by atoms with Gasteiger partial charge in [0.2, 0.25) is 17.8 Å². The number of sulfone groups is 1. The van der Waals surface area contributed by atoms with Gasteiger partial charge in [-0.1, -0.05) is 0 Å². The number of benzene rings is 1. The van der Waals surface area contributed by atoms with E-state index in [4.69, 9.17) is 0 Å². The lowest BCUT2D eigenvalue weighted by atomic mass is 10.1. The zero-order valence-corrected chi connectivity index (χ0v) is 15.8. The Morgan fingerprint density at radius 2 is 1.70 bits per heavy atom. The summed E-state index contributed by atoms with van der Waals surface area (Å²) in [4.78, 5) is 12.7. The highest BCUT2D eigenvalue weighted by molar-refractivity contribution is 7.91. The Morgan fingerprint density at radius 3 is 2.33 bits per heavy atom. The van der Waals surface area contributed by atoms with Gasteiger partial charge in [-0.3, -0.25) is 0 Å². The van der Waals surface area contributed by atoms with E-state index in [0.717, 1.165) is 6.07 Å². The molecule has 0 atom stereocenters. The van der Waals surface area contributed by atoms with E-state index in [1.807, 2.05) is 13.8 Å². The number of halogens is 1. The van der Waals surface area contributed by atoms with Crippen molar-refractivity contribution in [2.24, 2.45) is 5.10 Å². The molecule has 0 unspecified atom stereocenters. The van der Waals surface area contributed by atoms with Crippen LogP contribution in [-0.4, -0.2) is 47.9 Å². The number of nitrogens with zero attached hydrogens (tertiary/aromatic N) is 4. The van der Waals surface area contributed by atoms with Crippen LogP contribution >= 0.6 is 0 Å². The van der Waals surface area contributed by atoms with Crippen LogP contribution in [0.15, 0.2) is 28.2 Å².